The van der Waals surface area contributed by atoms with Gasteiger partial charge in [-0.3, -0.25) is 0 Å². The highest BCUT2D eigenvalue weighted by Gasteiger charge is 2.15. The molecule has 3 aromatic rings. The number of urea groups is 1. The van der Waals surface area contributed by atoms with Gasteiger partial charge in [0.1, 0.15) is 17.4 Å². The number of aryl methyl sites for hydroxylation is 3. The average Bonchev–Trinajstić information content (AvgIpc) is 3.13. The number of nitrogens with zero attached hydrogens (tertiary/aromatic N) is 4. The predicted molar refractivity (Wildman–Crippen MR) is 94.8 cm³/mol. The number of nitrogens with one attached hydrogen (secondary N) is 1. The van der Waals surface area contributed by atoms with Crippen LogP contribution in [-0.4, -0.2) is 32.7 Å². The molecule has 1 N–H and O–H groups in total. The molecule has 0 saturated carbocycles. The van der Waals surface area contributed by atoms with Crippen molar-refractivity contribution in [2.24, 2.45) is 0 Å². The number of carbonyl (C=O) groups excluding carboxylic acids is 1. The van der Waals surface area contributed by atoms with Gasteiger partial charge in [-0.05, 0) is 39.0 Å². The number of hydrogen-bond acceptors (Lipinski definition) is 4. The van der Waals surface area contributed by atoms with E-state index in [0.717, 1.165) is 22.8 Å². The second kappa shape index (κ2) is 6.80. The Morgan fingerprint density at radius 1 is 1.24 bits per heavy atom. The third-order valence-electron chi connectivity index (χ3n) is 3.97. The molecule has 2 amide bonds. The maximum atomic E-state index is 12.6. The summed E-state index contributed by atoms with van der Waals surface area (Å²) < 4.78 is 7.01. The number of furan rings is 1. The summed E-state index contributed by atoms with van der Waals surface area (Å²) in [4.78, 5) is 18.5. The first-order chi connectivity index (χ1) is 12.0. The number of anilines is 1. The number of rotatable bonds is 4. The second-order valence-corrected chi connectivity index (χ2v) is 5.92. The van der Waals surface area contributed by atoms with Crippen molar-refractivity contribution in [1.82, 2.24) is 19.7 Å². The molecular formula is C18H21N5O2. The van der Waals surface area contributed by atoms with Gasteiger partial charge in [0.15, 0.2) is 0 Å². The van der Waals surface area contributed by atoms with Crippen LogP contribution in [0.2, 0.25) is 0 Å². The highest BCUT2D eigenvalue weighted by atomic mass is 16.3. The summed E-state index contributed by atoms with van der Waals surface area (Å²) in [7, 11) is 1.75. The van der Waals surface area contributed by atoms with Crippen molar-refractivity contribution >= 4 is 11.7 Å². The van der Waals surface area contributed by atoms with Gasteiger partial charge in [0.05, 0.1) is 24.2 Å². The van der Waals surface area contributed by atoms with E-state index in [9.17, 15) is 4.79 Å². The Morgan fingerprint density at radius 2 is 2.00 bits per heavy atom. The van der Waals surface area contributed by atoms with Crippen LogP contribution < -0.4 is 5.32 Å². The molecule has 130 valence electrons. The summed E-state index contributed by atoms with van der Waals surface area (Å²) in [6, 6.07) is 9.19. The number of amides is 2. The Bertz CT molecular complexity index is 897. The lowest BCUT2D eigenvalue weighted by Gasteiger charge is -2.19. The number of para-hydroxylation sites is 2. The fourth-order valence-corrected chi connectivity index (χ4v) is 2.63. The van der Waals surface area contributed by atoms with Crippen molar-refractivity contribution in [3.63, 3.8) is 0 Å². The van der Waals surface area contributed by atoms with Crippen molar-refractivity contribution in [3.05, 3.63) is 59.6 Å². The first-order valence-corrected chi connectivity index (χ1v) is 8.00. The zero-order valence-corrected chi connectivity index (χ0v) is 14.8. The fourth-order valence-electron chi connectivity index (χ4n) is 2.63. The van der Waals surface area contributed by atoms with Gasteiger partial charge in [-0.1, -0.05) is 12.1 Å². The number of aromatic nitrogens is 3. The SMILES string of the molecule is Cc1nc(C)n(-c2ccccc2NC(=O)N(C)Cc2ccoc2C)n1. The molecule has 0 aliphatic carbocycles. The summed E-state index contributed by atoms with van der Waals surface area (Å²) in [5, 5.41) is 7.34. The molecule has 1 aromatic carbocycles. The largest absolute Gasteiger partial charge is 0.469 e. The van der Waals surface area contributed by atoms with Crippen molar-refractivity contribution in [1.29, 1.82) is 0 Å². The smallest absolute Gasteiger partial charge is 0.321 e. The third-order valence-corrected chi connectivity index (χ3v) is 3.97. The maximum Gasteiger partial charge on any atom is 0.321 e. The Labute approximate surface area is 146 Å². The van der Waals surface area contributed by atoms with Crippen molar-refractivity contribution in [3.8, 4) is 5.69 Å². The van der Waals surface area contributed by atoms with Crippen LogP contribution in [0.3, 0.4) is 0 Å². The first kappa shape index (κ1) is 16.8. The summed E-state index contributed by atoms with van der Waals surface area (Å²) >= 11 is 0. The lowest BCUT2D eigenvalue weighted by molar-refractivity contribution is 0.220. The van der Waals surface area contributed by atoms with Gasteiger partial charge in [-0.25, -0.2) is 14.5 Å². The van der Waals surface area contributed by atoms with Gasteiger partial charge in [0.2, 0.25) is 0 Å². The van der Waals surface area contributed by atoms with E-state index >= 15 is 0 Å². The zero-order chi connectivity index (χ0) is 18.0. The first-order valence-electron chi connectivity index (χ1n) is 8.00. The van der Waals surface area contributed by atoms with E-state index in [0.29, 0.717) is 18.1 Å². The van der Waals surface area contributed by atoms with Crippen LogP contribution in [0, 0.1) is 20.8 Å². The van der Waals surface area contributed by atoms with Crippen LogP contribution in [0.1, 0.15) is 23.0 Å². The zero-order valence-electron chi connectivity index (χ0n) is 14.8. The van der Waals surface area contributed by atoms with Crippen LogP contribution >= 0.6 is 0 Å². The molecule has 0 aliphatic heterocycles. The Balaban J connectivity index is 1.80. The maximum absolute atomic E-state index is 12.6. The average molecular weight is 339 g/mol. The molecule has 3 rings (SSSR count). The normalized spacial score (nSPS) is 10.7. The quantitative estimate of drug-likeness (QED) is 0.790. The molecule has 0 bridgehead atoms. The monoisotopic (exact) mass is 339 g/mol. The van der Waals surface area contributed by atoms with Crippen LogP contribution in [0.25, 0.3) is 5.69 Å². The Kier molecular flexibility index (Phi) is 4.56. The number of carbonyl (C=O) groups is 1. The van der Waals surface area contributed by atoms with Crippen LogP contribution in [0.4, 0.5) is 10.5 Å². The van der Waals surface area contributed by atoms with E-state index in [-0.39, 0.29) is 6.03 Å². The molecular weight excluding hydrogens is 318 g/mol. The summed E-state index contributed by atoms with van der Waals surface area (Å²) in [6.07, 6.45) is 1.63. The van der Waals surface area contributed by atoms with Crippen molar-refractivity contribution < 1.29 is 9.21 Å². The molecule has 7 heteroatoms. The summed E-state index contributed by atoms with van der Waals surface area (Å²) in [5.74, 6) is 2.27. The van der Waals surface area contributed by atoms with Gasteiger partial charge < -0.3 is 14.6 Å². The Morgan fingerprint density at radius 3 is 2.64 bits per heavy atom. The molecule has 0 aliphatic rings. The summed E-state index contributed by atoms with van der Waals surface area (Å²) in [6.45, 7) is 6.07. The standard InChI is InChI=1S/C18H21N5O2/c1-12-15(9-10-25-12)11-22(4)18(24)20-16-7-5-6-8-17(16)23-14(3)19-13(2)21-23/h5-10H,11H2,1-4H3,(H,20,24). The highest BCUT2D eigenvalue weighted by Crippen LogP contribution is 2.21. The highest BCUT2D eigenvalue weighted by molar-refractivity contribution is 5.91. The van der Waals surface area contributed by atoms with E-state index in [1.54, 1.807) is 22.9 Å². The van der Waals surface area contributed by atoms with Crippen LogP contribution in [0.5, 0.6) is 0 Å². The molecule has 0 radical (unpaired) electrons. The van der Waals surface area contributed by atoms with E-state index < -0.39 is 0 Å². The van der Waals surface area contributed by atoms with Crippen molar-refractivity contribution in [2.75, 3.05) is 12.4 Å². The molecule has 2 heterocycles. The molecule has 0 unspecified atom stereocenters. The van der Waals surface area contributed by atoms with E-state index in [1.165, 1.54) is 0 Å². The third kappa shape index (κ3) is 3.55. The fraction of sp³-hybridized carbons (Fsp3) is 0.278. The number of benzene rings is 1. The van der Waals surface area contributed by atoms with E-state index in [4.69, 9.17) is 4.42 Å². The minimum Gasteiger partial charge on any atom is -0.469 e. The molecule has 0 atom stereocenters. The van der Waals surface area contributed by atoms with Gasteiger partial charge in [0, 0.05) is 12.6 Å². The van der Waals surface area contributed by atoms with Gasteiger partial charge in [-0.2, -0.15) is 5.10 Å². The van der Waals surface area contributed by atoms with Crippen LogP contribution in [0.15, 0.2) is 41.0 Å². The van der Waals surface area contributed by atoms with Crippen molar-refractivity contribution in [2.45, 2.75) is 27.3 Å². The lowest BCUT2D eigenvalue weighted by atomic mass is 10.2. The minimum absolute atomic E-state index is 0.206. The molecule has 25 heavy (non-hydrogen) atoms. The summed E-state index contributed by atoms with van der Waals surface area (Å²) in [5.41, 5.74) is 2.44. The number of hydrogen-bond donors (Lipinski definition) is 1. The minimum atomic E-state index is -0.206. The van der Waals surface area contributed by atoms with E-state index in [1.807, 2.05) is 51.1 Å². The molecule has 2 aromatic heterocycles. The molecule has 0 spiro atoms. The molecule has 7 nitrogen and oxygen atoms in total. The van der Waals surface area contributed by atoms with E-state index in [2.05, 4.69) is 15.4 Å². The molecule has 0 saturated heterocycles. The predicted octanol–water partition coefficient (Wildman–Crippen LogP) is 3.45. The van der Waals surface area contributed by atoms with Gasteiger partial charge in [0.25, 0.3) is 0 Å². The lowest BCUT2D eigenvalue weighted by Crippen LogP contribution is -2.31. The molecule has 0 fully saturated rings. The van der Waals surface area contributed by atoms with Gasteiger partial charge in [-0.15, -0.1) is 0 Å². The van der Waals surface area contributed by atoms with Crippen LogP contribution in [-0.2, 0) is 6.54 Å². The second-order valence-electron chi connectivity index (χ2n) is 5.92. The van der Waals surface area contributed by atoms with Gasteiger partial charge >= 0.3 is 6.03 Å². The Hall–Kier alpha value is -3.09. The topological polar surface area (TPSA) is 76.2 Å².